The molecule has 1 heterocycles. The van der Waals surface area contributed by atoms with Crippen molar-refractivity contribution in [3.8, 4) is 0 Å². The van der Waals surface area contributed by atoms with Crippen LogP contribution in [-0.2, 0) is 9.59 Å². The van der Waals surface area contributed by atoms with Crippen LogP contribution in [0.5, 0.6) is 0 Å². The van der Waals surface area contributed by atoms with E-state index in [9.17, 15) is 9.59 Å². The Morgan fingerprint density at radius 3 is 2.62 bits per heavy atom. The summed E-state index contributed by atoms with van der Waals surface area (Å²) in [5.41, 5.74) is 0. The lowest BCUT2D eigenvalue weighted by Gasteiger charge is -2.34. The predicted molar refractivity (Wildman–Crippen MR) is 64.6 cm³/mol. The van der Waals surface area contributed by atoms with Gasteiger partial charge in [0, 0.05) is 39.6 Å². The molecular formula is C10H20ClN3O2. The molecule has 2 amide bonds. The third kappa shape index (κ3) is 3.98. The lowest BCUT2D eigenvalue weighted by Crippen LogP contribution is -2.54. The minimum absolute atomic E-state index is 0. The molecule has 1 atom stereocenters. The first-order valence-corrected chi connectivity index (χ1v) is 5.24. The van der Waals surface area contributed by atoms with Gasteiger partial charge in [0.05, 0.1) is 6.54 Å². The highest BCUT2D eigenvalue weighted by atomic mass is 35.5. The zero-order valence-electron chi connectivity index (χ0n) is 10.0. The van der Waals surface area contributed by atoms with Crippen molar-refractivity contribution in [1.82, 2.24) is 15.1 Å². The third-order valence-corrected chi connectivity index (χ3v) is 2.73. The monoisotopic (exact) mass is 249 g/mol. The van der Waals surface area contributed by atoms with Gasteiger partial charge in [0.15, 0.2) is 0 Å². The molecule has 1 aliphatic heterocycles. The summed E-state index contributed by atoms with van der Waals surface area (Å²) in [4.78, 5) is 26.1. The fourth-order valence-electron chi connectivity index (χ4n) is 1.62. The smallest absolute Gasteiger partial charge is 0.242 e. The second-order valence-electron chi connectivity index (χ2n) is 4.02. The normalized spacial score (nSPS) is 19.9. The molecular weight excluding hydrogens is 230 g/mol. The number of hydrogen-bond acceptors (Lipinski definition) is 3. The van der Waals surface area contributed by atoms with Crippen LogP contribution < -0.4 is 5.32 Å². The number of piperazine rings is 1. The highest BCUT2D eigenvalue weighted by Gasteiger charge is 2.23. The molecule has 5 nitrogen and oxygen atoms in total. The SMILES string of the molecule is CC(=O)N(C)CC(=O)N1CCNC[C@@H]1C.Cl. The largest absolute Gasteiger partial charge is 0.337 e. The van der Waals surface area contributed by atoms with Crippen LogP contribution in [0, 0.1) is 0 Å². The van der Waals surface area contributed by atoms with Crippen LogP contribution in [0.2, 0.25) is 0 Å². The predicted octanol–water partition coefficient (Wildman–Crippen LogP) is -0.293. The number of rotatable bonds is 2. The van der Waals surface area contributed by atoms with Crippen LogP contribution in [0.3, 0.4) is 0 Å². The number of hydrogen-bond donors (Lipinski definition) is 1. The summed E-state index contributed by atoms with van der Waals surface area (Å²) in [6.07, 6.45) is 0. The Balaban J connectivity index is 0.00000225. The van der Waals surface area contributed by atoms with E-state index in [1.165, 1.54) is 11.8 Å². The molecule has 1 rings (SSSR count). The summed E-state index contributed by atoms with van der Waals surface area (Å²) in [7, 11) is 1.65. The first-order valence-electron chi connectivity index (χ1n) is 5.24. The number of nitrogens with one attached hydrogen (secondary N) is 1. The van der Waals surface area contributed by atoms with Gasteiger partial charge < -0.3 is 15.1 Å². The van der Waals surface area contributed by atoms with Gasteiger partial charge in [-0.15, -0.1) is 12.4 Å². The highest BCUT2D eigenvalue weighted by Crippen LogP contribution is 2.03. The molecule has 1 aliphatic rings. The average Bonchev–Trinajstić information content (AvgIpc) is 2.18. The van der Waals surface area contributed by atoms with Crippen molar-refractivity contribution in [1.29, 1.82) is 0 Å². The molecule has 0 bridgehead atoms. The van der Waals surface area contributed by atoms with Crippen molar-refractivity contribution in [3.05, 3.63) is 0 Å². The molecule has 0 aromatic heterocycles. The van der Waals surface area contributed by atoms with Gasteiger partial charge in [-0.2, -0.15) is 0 Å². The summed E-state index contributed by atoms with van der Waals surface area (Å²) in [6.45, 7) is 6.05. The number of amides is 2. The van der Waals surface area contributed by atoms with Crippen molar-refractivity contribution in [2.75, 3.05) is 33.2 Å². The number of carbonyl (C=O) groups is 2. The molecule has 6 heteroatoms. The molecule has 1 fully saturated rings. The molecule has 0 saturated carbocycles. The van der Waals surface area contributed by atoms with Crippen LogP contribution in [0.25, 0.3) is 0 Å². The number of carbonyl (C=O) groups excluding carboxylic acids is 2. The van der Waals surface area contributed by atoms with E-state index < -0.39 is 0 Å². The van der Waals surface area contributed by atoms with Crippen LogP contribution in [0.1, 0.15) is 13.8 Å². The summed E-state index contributed by atoms with van der Waals surface area (Å²) >= 11 is 0. The number of likely N-dealkylation sites (N-methyl/N-ethyl adjacent to an activating group) is 1. The van der Waals surface area contributed by atoms with Crippen molar-refractivity contribution in [2.45, 2.75) is 19.9 Å². The zero-order valence-corrected chi connectivity index (χ0v) is 10.8. The van der Waals surface area contributed by atoms with E-state index in [1.807, 2.05) is 11.8 Å². The van der Waals surface area contributed by atoms with E-state index in [2.05, 4.69) is 5.32 Å². The molecule has 1 N–H and O–H groups in total. The summed E-state index contributed by atoms with van der Waals surface area (Å²) in [5.74, 6) is -0.0483. The summed E-state index contributed by atoms with van der Waals surface area (Å²) in [5, 5.41) is 3.22. The molecule has 0 spiro atoms. The van der Waals surface area contributed by atoms with Gasteiger partial charge in [0.25, 0.3) is 0 Å². The fourth-order valence-corrected chi connectivity index (χ4v) is 1.62. The van der Waals surface area contributed by atoms with Gasteiger partial charge in [0.1, 0.15) is 0 Å². The zero-order chi connectivity index (χ0) is 11.4. The van der Waals surface area contributed by atoms with Crippen molar-refractivity contribution in [3.63, 3.8) is 0 Å². The molecule has 0 aromatic carbocycles. The molecule has 0 unspecified atom stereocenters. The Kier molecular flexibility index (Phi) is 6.36. The van der Waals surface area contributed by atoms with Gasteiger partial charge in [-0.1, -0.05) is 0 Å². The quantitative estimate of drug-likeness (QED) is 0.732. The maximum atomic E-state index is 11.8. The van der Waals surface area contributed by atoms with E-state index in [-0.39, 0.29) is 36.8 Å². The van der Waals surface area contributed by atoms with E-state index in [4.69, 9.17) is 0 Å². The first kappa shape index (κ1) is 15.2. The van der Waals surface area contributed by atoms with Crippen LogP contribution in [0.4, 0.5) is 0 Å². The van der Waals surface area contributed by atoms with Gasteiger partial charge in [-0.25, -0.2) is 0 Å². The van der Waals surface area contributed by atoms with Crippen molar-refractivity contribution >= 4 is 24.2 Å². The summed E-state index contributed by atoms with van der Waals surface area (Å²) < 4.78 is 0. The minimum atomic E-state index is -0.0777. The second kappa shape index (κ2) is 6.70. The van der Waals surface area contributed by atoms with E-state index in [0.717, 1.165) is 19.6 Å². The molecule has 94 valence electrons. The van der Waals surface area contributed by atoms with Crippen molar-refractivity contribution in [2.24, 2.45) is 0 Å². The Morgan fingerprint density at radius 2 is 2.12 bits per heavy atom. The lowest BCUT2D eigenvalue weighted by molar-refractivity contribution is -0.140. The van der Waals surface area contributed by atoms with Crippen LogP contribution >= 0.6 is 12.4 Å². The van der Waals surface area contributed by atoms with Gasteiger partial charge >= 0.3 is 0 Å². The first-order chi connectivity index (χ1) is 7.02. The van der Waals surface area contributed by atoms with E-state index in [1.54, 1.807) is 7.05 Å². The van der Waals surface area contributed by atoms with Gasteiger partial charge in [0.2, 0.25) is 11.8 Å². The maximum Gasteiger partial charge on any atom is 0.242 e. The van der Waals surface area contributed by atoms with Gasteiger partial charge in [-0.05, 0) is 6.92 Å². The Bertz CT molecular complexity index is 260. The summed E-state index contributed by atoms with van der Waals surface area (Å²) in [6, 6.07) is 0.214. The fraction of sp³-hybridized carbons (Fsp3) is 0.800. The molecule has 1 saturated heterocycles. The number of nitrogens with zero attached hydrogens (tertiary/aromatic N) is 2. The topological polar surface area (TPSA) is 52.7 Å². The Labute approximate surface area is 103 Å². The van der Waals surface area contributed by atoms with Crippen LogP contribution in [-0.4, -0.2) is 60.9 Å². The Hall–Kier alpha value is -0.810. The highest BCUT2D eigenvalue weighted by molar-refractivity contribution is 5.85. The lowest BCUT2D eigenvalue weighted by atomic mass is 10.2. The Morgan fingerprint density at radius 1 is 1.50 bits per heavy atom. The molecule has 0 radical (unpaired) electrons. The second-order valence-corrected chi connectivity index (χ2v) is 4.02. The van der Waals surface area contributed by atoms with Crippen molar-refractivity contribution < 1.29 is 9.59 Å². The van der Waals surface area contributed by atoms with Crippen LogP contribution in [0.15, 0.2) is 0 Å². The van der Waals surface area contributed by atoms with E-state index >= 15 is 0 Å². The molecule has 0 aromatic rings. The molecule has 16 heavy (non-hydrogen) atoms. The third-order valence-electron chi connectivity index (χ3n) is 2.73. The minimum Gasteiger partial charge on any atom is -0.337 e. The van der Waals surface area contributed by atoms with E-state index in [0.29, 0.717) is 0 Å². The maximum absolute atomic E-state index is 11.8. The average molecular weight is 250 g/mol. The number of halogens is 1. The van der Waals surface area contributed by atoms with Gasteiger partial charge in [-0.3, -0.25) is 9.59 Å². The standard InChI is InChI=1S/C10H19N3O2.ClH/c1-8-6-11-4-5-13(8)10(15)7-12(3)9(2)14;/h8,11H,4-7H2,1-3H3;1H/t8-;/m0./s1. The molecule has 0 aliphatic carbocycles.